The van der Waals surface area contributed by atoms with Gasteiger partial charge in [-0.15, -0.1) is 0 Å². The zero-order valence-corrected chi connectivity index (χ0v) is 18.6. The van der Waals surface area contributed by atoms with Crippen molar-refractivity contribution in [3.8, 4) is 11.5 Å². The summed E-state index contributed by atoms with van der Waals surface area (Å²) in [5.41, 5.74) is 2.45. The molecule has 160 valence electrons. The van der Waals surface area contributed by atoms with E-state index in [0.717, 1.165) is 34.5 Å². The van der Waals surface area contributed by atoms with Gasteiger partial charge in [0.2, 0.25) is 0 Å². The summed E-state index contributed by atoms with van der Waals surface area (Å²) in [4.78, 5) is 18.3. The molecule has 3 aromatic carbocycles. The maximum atomic E-state index is 13.0. The van der Waals surface area contributed by atoms with E-state index >= 15 is 0 Å². The van der Waals surface area contributed by atoms with Crippen LogP contribution in [0.4, 0.5) is 0 Å². The molecule has 0 spiro atoms. The summed E-state index contributed by atoms with van der Waals surface area (Å²) < 4.78 is 14.0. The van der Waals surface area contributed by atoms with Crippen molar-refractivity contribution in [2.45, 2.75) is 6.42 Å². The molecule has 0 atom stereocenters. The molecule has 0 saturated heterocycles. The van der Waals surface area contributed by atoms with Crippen molar-refractivity contribution in [2.24, 2.45) is 0 Å². The smallest absolute Gasteiger partial charge is 0.274 e. The minimum Gasteiger partial charge on any atom is -0.493 e. The van der Waals surface area contributed by atoms with Gasteiger partial charge in [0.25, 0.3) is 5.56 Å². The van der Waals surface area contributed by atoms with Crippen LogP contribution in [0, 0.1) is 0 Å². The van der Waals surface area contributed by atoms with Crippen LogP contribution >= 0.6 is 22.9 Å². The predicted molar refractivity (Wildman–Crippen MR) is 129 cm³/mol. The zero-order valence-electron chi connectivity index (χ0n) is 17.0. The molecule has 5 aromatic rings. The quantitative estimate of drug-likeness (QED) is 0.321. The second-order valence-electron chi connectivity index (χ2n) is 7.18. The minimum absolute atomic E-state index is 0.0649. The first-order valence-electron chi connectivity index (χ1n) is 10.2. The van der Waals surface area contributed by atoms with E-state index in [1.807, 2.05) is 66.7 Å². The molecule has 0 amide bonds. The molecule has 5 rings (SSSR count). The molecule has 32 heavy (non-hydrogen) atoms. The van der Waals surface area contributed by atoms with E-state index < -0.39 is 0 Å². The van der Waals surface area contributed by atoms with Gasteiger partial charge in [-0.05, 0) is 48.5 Å². The largest absolute Gasteiger partial charge is 0.493 e. The summed E-state index contributed by atoms with van der Waals surface area (Å²) in [5.74, 6) is 1.51. The molecule has 0 radical (unpaired) electrons. The maximum Gasteiger partial charge on any atom is 0.274 e. The molecule has 0 aliphatic heterocycles. The van der Waals surface area contributed by atoms with E-state index in [0.29, 0.717) is 27.7 Å². The highest BCUT2D eigenvalue weighted by Crippen LogP contribution is 2.20. The number of thiazole rings is 1. The van der Waals surface area contributed by atoms with Gasteiger partial charge in [-0.3, -0.25) is 4.79 Å². The normalized spacial score (nSPS) is 12.0. The van der Waals surface area contributed by atoms with Crippen molar-refractivity contribution >= 4 is 45.0 Å². The lowest BCUT2D eigenvalue weighted by molar-refractivity contribution is 0.247. The minimum atomic E-state index is -0.0649. The Bertz CT molecular complexity index is 1490. The fourth-order valence-corrected chi connectivity index (χ4v) is 4.55. The second kappa shape index (κ2) is 9.02. The fourth-order valence-electron chi connectivity index (χ4n) is 3.45. The summed E-state index contributed by atoms with van der Waals surface area (Å²) in [6.07, 6.45) is 2.60. The van der Waals surface area contributed by atoms with Gasteiger partial charge in [0.1, 0.15) is 11.5 Å². The van der Waals surface area contributed by atoms with E-state index in [1.165, 1.54) is 11.3 Å². The molecule has 0 saturated carbocycles. The third-order valence-electron chi connectivity index (χ3n) is 4.98. The molecule has 0 aliphatic rings. The maximum absolute atomic E-state index is 13.0. The standard InChI is InChI=1S/C25H19ClN2O3S/c26-18-10-12-19(13-11-18)30-14-5-15-31-22-9-4-1-6-17(22)16-23-24(29)28-21-8-3-2-7-20(21)27-25(28)32-23/h1-4,6-13,16H,5,14-15H2/b23-16+. The highest BCUT2D eigenvalue weighted by atomic mass is 35.5. The van der Waals surface area contributed by atoms with E-state index in [4.69, 9.17) is 21.1 Å². The van der Waals surface area contributed by atoms with Crippen LogP contribution in [0.3, 0.4) is 0 Å². The Morgan fingerprint density at radius 2 is 1.69 bits per heavy atom. The Morgan fingerprint density at radius 3 is 2.56 bits per heavy atom. The Balaban J connectivity index is 1.31. The van der Waals surface area contributed by atoms with Crippen LogP contribution in [0.1, 0.15) is 12.0 Å². The number of aromatic nitrogens is 2. The van der Waals surface area contributed by atoms with Gasteiger partial charge in [-0.1, -0.05) is 53.3 Å². The van der Waals surface area contributed by atoms with Gasteiger partial charge in [-0.25, -0.2) is 9.38 Å². The highest BCUT2D eigenvalue weighted by molar-refractivity contribution is 7.15. The van der Waals surface area contributed by atoms with Gasteiger partial charge in [0, 0.05) is 17.0 Å². The van der Waals surface area contributed by atoms with Crippen LogP contribution in [0.5, 0.6) is 11.5 Å². The lowest BCUT2D eigenvalue weighted by Gasteiger charge is -2.10. The third-order valence-corrected chi connectivity index (χ3v) is 6.20. The predicted octanol–water partition coefficient (Wildman–Crippen LogP) is 4.96. The Hall–Kier alpha value is -3.35. The van der Waals surface area contributed by atoms with E-state index in [9.17, 15) is 4.79 Å². The van der Waals surface area contributed by atoms with Crippen molar-refractivity contribution in [3.05, 3.63) is 98.3 Å². The van der Waals surface area contributed by atoms with Crippen LogP contribution in [0.15, 0.2) is 77.6 Å². The van der Waals surface area contributed by atoms with Crippen LogP contribution in [0.25, 0.3) is 22.1 Å². The van der Waals surface area contributed by atoms with Gasteiger partial charge in [0.05, 0.1) is 28.8 Å². The number of para-hydroxylation sites is 3. The van der Waals surface area contributed by atoms with Gasteiger partial charge < -0.3 is 9.47 Å². The second-order valence-corrected chi connectivity index (χ2v) is 8.62. The number of hydrogen-bond donors (Lipinski definition) is 0. The molecule has 0 bridgehead atoms. The summed E-state index contributed by atoms with van der Waals surface area (Å²) in [5, 5.41) is 0.682. The molecule has 5 nitrogen and oxygen atoms in total. The number of ether oxygens (including phenoxy) is 2. The Kier molecular flexibility index (Phi) is 5.79. The number of rotatable bonds is 7. The average molecular weight is 463 g/mol. The molecule has 2 aromatic heterocycles. The van der Waals surface area contributed by atoms with Crippen molar-refractivity contribution in [1.29, 1.82) is 0 Å². The molecule has 0 N–H and O–H groups in total. The first kappa shape index (κ1) is 20.5. The van der Waals surface area contributed by atoms with Gasteiger partial charge in [-0.2, -0.15) is 0 Å². The van der Waals surface area contributed by atoms with Crippen LogP contribution < -0.4 is 19.6 Å². The summed E-state index contributed by atoms with van der Waals surface area (Å²) in [6, 6.07) is 22.7. The monoisotopic (exact) mass is 462 g/mol. The van der Waals surface area contributed by atoms with E-state index in [-0.39, 0.29) is 5.56 Å². The topological polar surface area (TPSA) is 52.8 Å². The molecule has 0 aliphatic carbocycles. The number of hydrogen-bond acceptors (Lipinski definition) is 5. The first-order chi connectivity index (χ1) is 15.7. The van der Waals surface area contributed by atoms with Crippen molar-refractivity contribution in [3.63, 3.8) is 0 Å². The van der Waals surface area contributed by atoms with E-state index in [1.54, 1.807) is 16.5 Å². The zero-order chi connectivity index (χ0) is 21.9. The molecule has 2 heterocycles. The lowest BCUT2D eigenvalue weighted by atomic mass is 10.2. The molecular weight excluding hydrogens is 444 g/mol. The van der Waals surface area contributed by atoms with E-state index in [2.05, 4.69) is 4.98 Å². The van der Waals surface area contributed by atoms with Crippen molar-refractivity contribution < 1.29 is 9.47 Å². The SMILES string of the molecule is O=c1/c(=C\c2ccccc2OCCCOc2ccc(Cl)cc2)sc2nc3ccccc3n12. The number of nitrogens with zero attached hydrogens (tertiary/aromatic N) is 2. The molecular formula is C25H19ClN2O3S. The Morgan fingerprint density at radius 1 is 0.938 bits per heavy atom. The molecule has 0 fully saturated rings. The fraction of sp³-hybridized carbons (Fsp3) is 0.120. The average Bonchev–Trinajstić information content (AvgIpc) is 3.32. The van der Waals surface area contributed by atoms with Crippen molar-refractivity contribution in [1.82, 2.24) is 9.38 Å². The van der Waals surface area contributed by atoms with Gasteiger partial charge >= 0.3 is 0 Å². The van der Waals surface area contributed by atoms with Crippen LogP contribution in [0.2, 0.25) is 5.02 Å². The molecule has 0 unspecified atom stereocenters. The number of fused-ring (bicyclic) bond motifs is 3. The van der Waals surface area contributed by atoms with Gasteiger partial charge in [0.15, 0.2) is 4.96 Å². The molecule has 7 heteroatoms. The van der Waals surface area contributed by atoms with Crippen molar-refractivity contribution in [2.75, 3.05) is 13.2 Å². The first-order valence-corrected chi connectivity index (χ1v) is 11.4. The third kappa shape index (κ3) is 4.20. The summed E-state index contributed by atoms with van der Waals surface area (Å²) >= 11 is 7.27. The number of imidazole rings is 1. The lowest BCUT2D eigenvalue weighted by Crippen LogP contribution is -2.22. The Labute approximate surface area is 193 Å². The summed E-state index contributed by atoms with van der Waals surface area (Å²) in [6.45, 7) is 1.04. The number of benzene rings is 3. The highest BCUT2D eigenvalue weighted by Gasteiger charge is 2.11. The number of halogens is 1. The van der Waals surface area contributed by atoms with Crippen LogP contribution in [-0.4, -0.2) is 22.6 Å². The summed E-state index contributed by atoms with van der Waals surface area (Å²) in [7, 11) is 0. The van der Waals surface area contributed by atoms with Crippen LogP contribution in [-0.2, 0) is 0 Å².